The van der Waals surface area contributed by atoms with E-state index in [1.165, 1.54) is 37.2 Å². The van der Waals surface area contributed by atoms with Gasteiger partial charge in [-0.25, -0.2) is 0 Å². The van der Waals surface area contributed by atoms with Crippen LogP contribution in [0.25, 0.3) is 0 Å². The predicted molar refractivity (Wildman–Crippen MR) is 91.7 cm³/mol. The van der Waals surface area contributed by atoms with Gasteiger partial charge in [-0.05, 0) is 58.0 Å². The molecule has 0 aliphatic carbocycles. The molecule has 1 unspecified atom stereocenters. The molecule has 2 fully saturated rings. The Hall–Kier alpha value is -0.910. The molecule has 0 bridgehead atoms. The number of hydrogen-bond acceptors (Lipinski definition) is 4. The molecule has 0 spiro atoms. The number of aryl methyl sites for hydroxylation is 1. The van der Waals surface area contributed by atoms with Gasteiger partial charge < -0.3 is 15.1 Å². The number of carbonyl (C=O) groups excluding carboxylic acids is 1. The van der Waals surface area contributed by atoms with E-state index in [1.54, 1.807) is 11.3 Å². The molecule has 122 valence electrons. The summed E-state index contributed by atoms with van der Waals surface area (Å²) in [5, 5.41) is 3.40. The zero-order valence-electron chi connectivity index (χ0n) is 13.5. The highest BCUT2D eigenvalue weighted by Crippen LogP contribution is 2.20. The third-order valence-electron chi connectivity index (χ3n) is 4.79. The molecule has 0 saturated carbocycles. The van der Waals surface area contributed by atoms with Crippen molar-refractivity contribution in [1.29, 1.82) is 0 Å². The summed E-state index contributed by atoms with van der Waals surface area (Å²) in [6.07, 6.45) is 5.06. The minimum Gasteiger partial charge on any atom is -0.332 e. The minimum absolute atomic E-state index is 0.226. The summed E-state index contributed by atoms with van der Waals surface area (Å²) in [5.41, 5.74) is 0. The first-order valence-corrected chi connectivity index (χ1v) is 9.36. The summed E-state index contributed by atoms with van der Waals surface area (Å²) in [6, 6.07) is 4.39. The maximum absolute atomic E-state index is 12.9. The Bertz CT molecular complexity index is 490. The zero-order valence-corrected chi connectivity index (χ0v) is 14.3. The Morgan fingerprint density at radius 2 is 2.18 bits per heavy atom. The maximum atomic E-state index is 12.9. The first-order valence-electron chi connectivity index (χ1n) is 8.54. The lowest BCUT2D eigenvalue weighted by Crippen LogP contribution is -2.46. The third kappa shape index (κ3) is 3.89. The Balaban J connectivity index is 1.64. The number of nitrogens with zero attached hydrogens (tertiary/aromatic N) is 2. The first-order chi connectivity index (χ1) is 10.7. The topological polar surface area (TPSA) is 35.6 Å². The number of rotatable bonds is 5. The molecule has 0 radical (unpaired) electrons. The van der Waals surface area contributed by atoms with Crippen molar-refractivity contribution in [2.45, 2.75) is 38.6 Å². The second kappa shape index (κ2) is 7.57. The highest BCUT2D eigenvalue weighted by molar-refractivity contribution is 7.13. The molecule has 5 heteroatoms. The van der Waals surface area contributed by atoms with Crippen molar-refractivity contribution in [2.24, 2.45) is 0 Å². The van der Waals surface area contributed by atoms with Crippen LogP contribution in [0.4, 0.5) is 0 Å². The van der Waals surface area contributed by atoms with Gasteiger partial charge in [0.1, 0.15) is 0 Å². The van der Waals surface area contributed by atoms with Crippen LogP contribution in [-0.4, -0.2) is 61.0 Å². The van der Waals surface area contributed by atoms with Gasteiger partial charge in [-0.2, -0.15) is 0 Å². The summed E-state index contributed by atoms with van der Waals surface area (Å²) >= 11 is 1.62. The quantitative estimate of drug-likeness (QED) is 0.904. The highest BCUT2D eigenvalue weighted by Gasteiger charge is 2.28. The van der Waals surface area contributed by atoms with E-state index in [-0.39, 0.29) is 5.91 Å². The normalized spacial score (nSPS) is 22.9. The highest BCUT2D eigenvalue weighted by atomic mass is 32.1. The van der Waals surface area contributed by atoms with E-state index in [2.05, 4.69) is 22.0 Å². The van der Waals surface area contributed by atoms with E-state index in [1.807, 2.05) is 12.1 Å². The largest absolute Gasteiger partial charge is 0.332 e. The van der Waals surface area contributed by atoms with Crippen LogP contribution >= 0.6 is 11.3 Å². The predicted octanol–water partition coefficient (Wildman–Crippen LogP) is 2.35. The van der Waals surface area contributed by atoms with Gasteiger partial charge in [-0.15, -0.1) is 11.3 Å². The van der Waals surface area contributed by atoms with Crippen LogP contribution in [0.2, 0.25) is 0 Å². The Morgan fingerprint density at radius 3 is 2.82 bits per heavy atom. The molecule has 4 nitrogen and oxygen atoms in total. The summed E-state index contributed by atoms with van der Waals surface area (Å²) in [7, 11) is 0. The Labute approximate surface area is 137 Å². The molecule has 1 N–H and O–H groups in total. The van der Waals surface area contributed by atoms with Gasteiger partial charge in [-0.1, -0.05) is 6.42 Å². The molecule has 22 heavy (non-hydrogen) atoms. The van der Waals surface area contributed by atoms with E-state index in [4.69, 9.17) is 0 Å². The molecule has 2 aliphatic rings. The van der Waals surface area contributed by atoms with Gasteiger partial charge in [0, 0.05) is 30.6 Å². The molecule has 1 aromatic rings. The molecule has 1 atom stereocenters. The number of nitrogens with one attached hydrogen (secondary N) is 1. The van der Waals surface area contributed by atoms with E-state index in [0.717, 1.165) is 37.5 Å². The van der Waals surface area contributed by atoms with Crippen molar-refractivity contribution in [3.05, 3.63) is 21.9 Å². The Kier molecular flexibility index (Phi) is 5.50. The van der Waals surface area contributed by atoms with E-state index < -0.39 is 0 Å². The lowest BCUT2D eigenvalue weighted by atomic mass is 10.1. The molecular formula is C17H27N3OS. The van der Waals surface area contributed by atoms with Crippen LogP contribution in [0.5, 0.6) is 0 Å². The van der Waals surface area contributed by atoms with Crippen LogP contribution in [0.15, 0.2) is 12.1 Å². The second-order valence-electron chi connectivity index (χ2n) is 6.46. The number of thiophene rings is 1. The van der Waals surface area contributed by atoms with E-state index >= 15 is 0 Å². The molecule has 3 rings (SSSR count). The van der Waals surface area contributed by atoms with Crippen LogP contribution in [0, 0.1) is 6.92 Å². The van der Waals surface area contributed by atoms with Gasteiger partial charge in [0.05, 0.1) is 4.88 Å². The zero-order chi connectivity index (χ0) is 15.4. The molecule has 2 aliphatic heterocycles. The lowest BCUT2D eigenvalue weighted by molar-refractivity contribution is 0.0664. The van der Waals surface area contributed by atoms with Crippen molar-refractivity contribution in [3.63, 3.8) is 0 Å². The molecule has 0 aromatic carbocycles. The van der Waals surface area contributed by atoms with Crippen LogP contribution in [0.3, 0.4) is 0 Å². The molecule has 3 heterocycles. The fourth-order valence-electron chi connectivity index (χ4n) is 3.48. The number of carbonyl (C=O) groups is 1. The average Bonchev–Trinajstić information content (AvgIpc) is 3.20. The number of likely N-dealkylation sites (tertiary alicyclic amines) is 1. The van der Waals surface area contributed by atoms with Crippen LogP contribution < -0.4 is 5.32 Å². The summed E-state index contributed by atoms with van der Waals surface area (Å²) in [4.78, 5) is 19.7. The monoisotopic (exact) mass is 321 g/mol. The van der Waals surface area contributed by atoms with Crippen molar-refractivity contribution < 1.29 is 4.79 Å². The molecular weight excluding hydrogens is 294 g/mol. The summed E-state index contributed by atoms with van der Waals surface area (Å²) < 4.78 is 0. The van der Waals surface area contributed by atoms with Gasteiger partial charge in [0.2, 0.25) is 0 Å². The Morgan fingerprint density at radius 1 is 1.36 bits per heavy atom. The van der Waals surface area contributed by atoms with E-state index in [0.29, 0.717) is 6.04 Å². The fourth-order valence-corrected chi connectivity index (χ4v) is 4.30. The van der Waals surface area contributed by atoms with Crippen LogP contribution in [0.1, 0.15) is 40.2 Å². The van der Waals surface area contributed by atoms with Crippen molar-refractivity contribution in [2.75, 3.05) is 39.3 Å². The van der Waals surface area contributed by atoms with E-state index in [9.17, 15) is 4.79 Å². The van der Waals surface area contributed by atoms with Crippen molar-refractivity contribution >= 4 is 17.2 Å². The van der Waals surface area contributed by atoms with Gasteiger partial charge >= 0.3 is 0 Å². The van der Waals surface area contributed by atoms with Crippen molar-refractivity contribution in [3.8, 4) is 0 Å². The molecule has 2 saturated heterocycles. The van der Waals surface area contributed by atoms with Gasteiger partial charge in [0.25, 0.3) is 5.91 Å². The maximum Gasteiger partial charge on any atom is 0.264 e. The van der Waals surface area contributed by atoms with Crippen molar-refractivity contribution in [1.82, 2.24) is 15.1 Å². The molecule has 1 aromatic heterocycles. The van der Waals surface area contributed by atoms with Crippen LogP contribution in [-0.2, 0) is 0 Å². The van der Waals surface area contributed by atoms with Gasteiger partial charge in [-0.3, -0.25) is 4.79 Å². The first kappa shape index (κ1) is 16.0. The minimum atomic E-state index is 0.226. The SMILES string of the molecule is Cc1ccc(C(=O)N(CCN2CCCCC2)C2CCNC2)s1. The third-order valence-corrected chi connectivity index (χ3v) is 5.78. The number of hydrogen-bond donors (Lipinski definition) is 1. The summed E-state index contributed by atoms with van der Waals surface area (Å²) in [6.45, 7) is 8.31. The standard InChI is InChI=1S/C17H27N3OS/c1-14-5-6-16(22-14)17(21)20(15-7-8-18-13-15)12-11-19-9-3-2-4-10-19/h5-6,15,18H,2-4,7-13H2,1H3. The lowest BCUT2D eigenvalue weighted by Gasteiger charge is -2.32. The molecule has 1 amide bonds. The number of amides is 1. The smallest absolute Gasteiger partial charge is 0.264 e. The second-order valence-corrected chi connectivity index (χ2v) is 7.75. The fraction of sp³-hybridized carbons (Fsp3) is 0.706. The number of piperidine rings is 1. The summed E-state index contributed by atoms with van der Waals surface area (Å²) in [5.74, 6) is 0.226. The average molecular weight is 321 g/mol. The van der Waals surface area contributed by atoms with Gasteiger partial charge in [0.15, 0.2) is 0 Å².